The van der Waals surface area contributed by atoms with Crippen LogP contribution in [0.5, 0.6) is 0 Å². The van der Waals surface area contributed by atoms with Crippen LogP contribution in [0.15, 0.2) is 36.5 Å². The van der Waals surface area contributed by atoms with Crippen molar-refractivity contribution in [2.24, 2.45) is 5.73 Å². The zero-order valence-corrected chi connectivity index (χ0v) is 13.0. The third kappa shape index (κ3) is 3.20. The van der Waals surface area contributed by atoms with E-state index in [9.17, 15) is 0 Å². The topological polar surface area (TPSA) is 34.2 Å². The lowest BCUT2D eigenvalue weighted by molar-refractivity contribution is 0.202. The largest absolute Gasteiger partial charge is 0.328 e. The van der Waals surface area contributed by atoms with E-state index < -0.39 is 0 Å². The second kappa shape index (κ2) is 6.04. The van der Waals surface area contributed by atoms with Gasteiger partial charge >= 0.3 is 0 Å². The average molecular weight is 283 g/mol. The van der Waals surface area contributed by atoms with Gasteiger partial charge in [-0.2, -0.15) is 0 Å². The molecule has 0 radical (unpaired) electrons. The third-order valence-electron chi connectivity index (χ3n) is 4.46. The molecule has 1 aliphatic heterocycles. The fourth-order valence-corrected chi connectivity index (χ4v) is 3.20. The van der Waals surface area contributed by atoms with Gasteiger partial charge in [0.1, 0.15) is 0 Å². The Hall–Kier alpha value is -1.58. The number of aromatic nitrogens is 1. The van der Waals surface area contributed by atoms with Crippen molar-refractivity contribution in [3.05, 3.63) is 53.3 Å². The summed E-state index contributed by atoms with van der Waals surface area (Å²) in [4.78, 5) is 2.51. The summed E-state index contributed by atoms with van der Waals surface area (Å²) in [6.45, 7) is 7.56. The molecule has 3 heteroatoms. The maximum atomic E-state index is 5.99. The highest BCUT2D eigenvalue weighted by Gasteiger charge is 2.17. The number of hydrogen-bond acceptors (Lipinski definition) is 2. The van der Waals surface area contributed by atoms with Crippen molar-refractivity contribution in [3.63, 3.8) is 0 Å². The van der Waals surface area contributed by atoms with E-state index in [2.05, 4.69) is 59.8 Å². The molecule has 1 aliphatic rings. The van der Waals surface area contributed by atoms with E-state index in [1.165, 1.54) is 22.5 Å². The minimum Gasteiger partial charge on any atom is -0.328 e. The van der Waals surface area contributed by atoms with Crippen molar-refractivity contribution in [1.29, 1.82) is 0 Å². The van der Waals surface area contributed by atoms with Crippen LogP contribution >= 0.6 is 0 Å². The van der Waals surface area contributed by atoms with Crippen LogP contribution in [0.4, 0.5) is 0 Å². The molecule has 0 amide bonds. The van der Waals surface area contributed by atoms with Crippen molar-refractivity contribution in [2.45, 2.75) is 39.3 Å². The maximum absolute atomic E-state index is 5.99. The molecular weight excluding hydrogens is 258 g/mol. The van der Waals surface area contributed by atoms with Crippen molar-refractivity contribution in [3.8, 4) is 5.69 Å². The number of piperidine rings is 1. The predicted molar refractivity (Wildman–Crippen MR) is 87.7 cm³/mol. The number of rotatable bonds is 3. The van der Waals surface area contributed by atoms with E-state index in [-0.39, 0.29) is 0 Å². The van der Waals surface area contributed by atoms with Crippen molar-refractivity contribution in [2.75, 3.05) is 13.1 Å². The minimum atomic E-state index is 0.396. The summed E-state index contributed by atoms with van der Waals surface area (Å²) in [5.41, 5.74) is 11.3. The van der Waals surface area contributed by atoms with Gasteiger partial charge in [0.2, 0.25) is 0 Å². The third-order valence-corrected chi connectivity index (χ3v) is 4.46. The quantitative estimate of drug-likeness (QED) is 0.939. The molecule has 3 rings (SSSR count). The van der Waals surface area contributed by atoms with E-state index in [4.69, 9.17) is 5.73 Å². The highest BCUT2D eigenvalue weighted by Crippen LogP contribution is 2.20. The lowest BCUT2D eigenvalue weighted by atomic mass is 10.1. The number of nitrogens with two attached hydrogens (primary N) is 1. The molecule has 0 unspecified atom stereocenters. The van der Waals surface area contributed by atoms with Crippen LogP contribution in [0, 0.1) is 13.8 Å². The summed E-state index contributed by atoms with van der Waals surface area (Å²) < 4.78 is 2.32. The SMILES string of the molecule is Cc1ccc(-n2cccc2CN2CCC(N)CC2)c(C)c1. The molecule has 1 fully saturated rings. The number of aryl methyl sites for hydroxylation is 2. The molecule has 1 aromatic heterocycles. The van der Waals surface area contributed by atoms with E-state index in [0.29, 0.717) is 6.04 Å². The van der Waals surface area contributed by atoms with Gasteiger partial charge in [-0.1, -0.05) is 17.7 Å². The van der Waals surface area contributed by atoms with Crippen LogP contribution < -0.4 is 5.73 Å². The summed E-state index contributed by atoms with van der Waals surface area (Å²) in [5.74, 6) is 0. The molecule has 1 saturated heterocycles. The first-order valence-corrected chi connectivity index (χ1v) is 7.85. The summed E-state index contributed by atoms with van der Waals surface area (Å²) >= 11 is 0. The summed E-state index contributed by atoms with van der Waals surface area (Å²) in [6.07, 6.45) is 4.40. The van der Waals surface area contributed by atoms with Crippen LogP contribution in [0.3, 0.4) is 0 Å². The molecule has 0 atom stereocenters. The van der Waals surface area contributed by atoms with Gasteiger partial charge in [-0.25, -0.2) is 0 Å². The van der Waals surface area contributed by atoms with Gasteiger partial charge < -0.3 is 10.3 Å². The van der Waals surface area contributed by atoms with Crippen LogP contribution in [0.1, 0.15) is 29.7 Å². The first-order chi connectivity index (χ1) is 10.1. The molecular formula is C18H25N3. The minimum absolute atomic E-state index is 0.396. The van der Waals surface area contributed by atoms with Crippen LogP contribution in [0.25, 0.3) is 5.69 Å². The van der Waals surface area contributed by atoms with E-state index in [1.807, 2.05) is 0 Å². The number of likely N-dealkylation sites (tertiary alicyclic amines) is 1. The number of nitrogens with zero attached hydrogens (tertiary/aromatic N) is 2. The standard InChI is InChI=1S/C18H25N3/c1-14-5-6-18(15(2)12-14)21-9-3-4-17(21)13-20-10-7-16(19)8-11-20/h3-6,9,12,16H,7-8,10-11,13,19H2,1-2H3. The lowest BCUT2D eigenvalue weighted by Gasteiger charge is -2.30. The van der Waals surface area contributed by atoms with Crippen molar-refractivity contribution < 1.29 is 0 Å². The van der Waals surface area contributed by atoms with Crippen LogP contribution in [-0.2, 0) is 6.54 Å². The van der Waals surface area contributed by atoms with E-state index in [1.54, 1.807) is 0 Å². The van der Waals surface area contributed by atoms with E-state index in [0.717, 1.165) is 32.5 Å². The number of hydrogen-bond donors (Lipinski definition) is 1. The van der Waals surface area contributed by atoms with Crippen LogP contribution in [0.2, 0.25) is 0 Å². The molecule has 0 aliphatic carbocycles. The Morgan fingerprint density at radius 2 is 1.90 bits per heavy atom. The average Bonchev–Trinajstić information content (AvgIpc) is 2.89. The molecule has 0 saturated carbocycles. The Morgan fingerprint density at radius 3 is 2.62 bits per heavy atom. The smallest absolute Gasteiger partial charge is 0.0482 e. The predicted octanol–water partition coefficient (Wildman–Crippen LogP) is 3.02. The van der Waals surface area contributed by atoms with Gasteiger partial charge in [0, 0.05) is 43.3 Å². The Morgan fingerprint density at radius 1 is 1.14 bits per heavy atom. The Bertz CT molecular complexity index is 607. The Labute approximate surface area is 127 Å². The van der Waals surface area contributed by atoms with Crippen LogP contribution in [-0.4, -0.2) is 28.6 Å². The monoisotopic (exact) mass is 283 g/mol. The first-order valence-electron chi connectivity index (χ1n) is 7.85. The van der Waals surface area contributed by atoms with Gasteiger partial charge in [-0.05, 0) is 50.5 Å². The molecule has 112 valence electrons. The molecule has 21 heavy (non-hydrogen) atoms. The fourth-order valence-electron chi connectivity index (χ4n) is 3.20. The van der Waals surface area contributed by atoms with Gasteiger partial charge in [-0.3, -0.25) is 4.90 Å². The summed E-state index contributed by atoms with van der Waals surface area (Å²) in [7, 11) is 0. The first kappa shape index (κ1) is 14.4. The summed E-state index contributed by atoms with van der Waals surface area (Å²) in [6, 6.07) is 11.4. The molecule has 3 nitrogen and oxygen atoms in total. The molecule has 2 aromatic rings. The maximum Gasteiger partial charge on any atom is 0.0482 e. The number of benzene rings is 1. The normalized spacial score (nSPS) is 17.3. The molecule has 1 aromatic carbocycles. The van der Waals surface area contributed by atoms with Gasteiger partial charge in [0.15, 0.2) is 0 Å². The second-order valence-corrected chi connectivity index (χ2v) is 6.27. The zero-order chi connectivity index (χ0) is 14.8. The van der Waals surface area contributed by atoms with Gasteiger partial charge in [0.25, 0.3) is 0 Å². The molecule has 2 heterocycles. The van der Waals surface area contributed by atoms with Crippen molar-refractivity contribution >= 4 is 0 Å². The Kier molecular flexibility index (Phi) is 4.13. The second-order valence-electron chi connectivity index (χ2n) is 6.27. The zero-order valence-electron chi connectivity index (χ0n) is 13.0. The Balaban J connectivity index is 1.80. The molecule has 2 N–H and O–H groups in total. The molecule has 0 bridgehead atoms. The fraction of sp³-hybridized carbons (Fsp3) is 0.444. The van der Waals surface area contributed by atoms with Crippen molar-refractivity contribution in [1.82, 2.24) is 9.47 Å². The van der Waals surface area contributed by atoms with Gasteiger partial charge in [0.05, 0.1) is 0 Å². The highest BCUT2D eigenvalue weighted by molar-refractivity contribution is 5.44. The van der Waals surface area contributed by atoms with Gasteiger partial charge in [-0.15, -0.1) is 0 Å². The summed E-state index contributed by atoms with van der Waals surface area (Å²) in [5, 5.41) is 0. The van der Waals surface area contributed by atoms with E-state index >= 15 is 0 Å². The lowest BCUT2D eigenvalue weighted by Crippen LogP contribution is -2.39. The highest BCUT2D eigenvalue weighted by atomic mass is 15.2. The molecule has 0 spiro atoms.